The van der Waals surface area contributed by atoms with E-state index < -0.39 is 11.8 Å². The van der Waals surface area contributed by atoms with Gasteiger partial charge in [0, 0.05) is 11.6 Å². The van der Waals surface area contributed by atoms with Gasteiger partial charge in [-0.25, -0.2) is 4.79 Å². The maximum atomic E-state index is 12.1. The molecule has 0 aliphatic carbocycles. The smallest absolute Gasteiger partial charge is 0.383 e. The number of carbonyl (C=O) groups is 1. The van der Waals surface area contributed by atoms with E-state index in [0.29, 0.717) is 11.3 Å². The second kappa shape index (κ2) is 6.74. The van der Waals surface area contributed by atoms with Crippen LogP contribution in [0.15, 0.2) is 48.5 Å². The average Bonchev–Trinajstić information content (AvgIpc) is 2.65. The molecule has 5 heteroatoms. The summed E-state index contributed by atoms with van der Waals surface area (Å²) in [6, 6.07) is 13.2. The average molecular weight is 368 g/mol. The van der Waals surface area contributed by atoms with Crippen LogP contribution in [0.1, 0.15) is 37.5 Å². The molecule has 3 rings (SSSR count). The predicted octanol–water partition coefficient (Wildman–Crippen LogP) is 3.68. The summed E-state index contributed by atoms with van der Waals surface area (Å²) in [4.78, 5) is 12.1. The number of hydrogen-bond acceptors (Lipinski definition) is 5. The third kappa shape index (κ3) is 3.55. The fourth-order valence-corrected chi connectivity index (χ4v) is 3.02. The summed E-state index contributed by atoms with van der Waals surface area (Å²) in [6.45, 7) is 6.37. The van der Waals surface area contributed by atoms with Gasteiger partial charge in [0.1, 0.15) is 11.5 Å². The lowest BCUT2D eigenvalue weighted by Gasteiger charge is -2.31. The first-order chi connectivity index (χ1) is 12.7. The molecule has 1 atom stereocenters. The Hall–Kier alpha value is -2.79. The molecule has 27 heavy (non-hydrogen) atoms. The van der Waals surface area contributed by atoms with Crippen LogP contribution in [-0.4, -0.2) is 31.1 Å². The minimum absolute atomic E-state index is 0.0594. The zero-order chi connectivity index (χ0) is 19.8. The Morgan fingerprint density at radius 1 is 1.07 bits per heavy atom. The molecule has 1 unspecified atom stereocenters. The number of esters is 1. The van der Waals surface area contributed by atoms with Crippen LogP contribution in [0.3, 0.4) is 0 Å². The van der Waals surface area contributed by atoms with Gasteiger partial charge >= 0.3 is 11.8 Å². The van der Waals surface area contributed by atoms with E-state index in [1.807, 2.05) is 36.4 Å². The molecule has 0 amide bonds. The molecule has 1 heterocycles. The van der Waals surface area contributed by atoms with Gasteiger partial charge in [0.25, 0.3) is 0 Å². The summed E-state index contributed by atoms with van der Waals surface area (Å²) in [5, 5.41) is 10.8. The first-order valence-electron chi connectivity index (χ1n) is 8.70. The van der Waals surface area contributed by atoms with Gasteiger partial charge in [-0.15, -0.1) is 0 Å². The Morgan fingerprint density at radius 2 is 1.74 bits per heavy atom. The quantitative estimate of drug-likeness (QED) is 0.838. The molecule has 1 N–H and O–H groups in total. The number of hydrogen-bond donors (Lipinski definition) is 1. The van der Waals surface area contributed by atoms with E-state index in [0.717, 1.165) is 22.4 Å². The Kier molecular flexibility index (Phi) is 4.74. The fourth-order valence-electron chi connectivity index (χ4n) is 3.02. The van der Waals surface area contributed by atoms with Gasteiger partial charge in [-0.2, -0.15) is 0 Å². The molecule has 0 aromatic heterocycles. The number of fused-ring (bicyclic) bond motifs is 1. The fraction of sp³-hybridized carbons (Fsp3) is 0.318. The number of benzene rings is 2. The van der Waals surface area contributed by atoms with Crippen molar-refractivity contribution in [3.8, 4) is 11.5 Å². The maximum Gasteiger partial charge on any atom is 0.383 e. The Balaban J connectivity index is 2.20. The van der Waals surface area contributed by atoms with E-state index in [2.05, 4.69) is 20.8 Å². The summed E-state index contributed by atoms with van der Waals surface area (Å²) in [5.41, 5.74) is 3.39. The summed E-state index contributed by atoms with van der Waals surface area (Å²) in [6.07, 6.45) is 1.40. The first kappa shape index (κ1) is 19.0. The largest absolute Gasteiger partial charge is 0.497 e. The van der Waals surface area contributed by atoms with Crippen molar-refractivity contribution in [2.75, 3.05) is 14.2 Å². The Morgan fingerprint density at radius 3 is 2.30 bits per heavy atom. The summed E-state index contributed by atoms with van der Waals surface area (Å²) in [5.74, 6) is -1.91. The standard InChI is InChI=1S/C22H24O5/c1-21(2,3)15-8-11-19-17(12-15)18(13-22(24,27-19)20(23)26-5)14-6-9-16(25-4)10-7-14/h6-13,24H,1-5H3. The lowest BCUT2D eigenvalue weighted by molar-refractivity contribution is -0.183. The third-order valence-corrected chi connectivity index (χ3v) is 4.62. The minimum atomic E-state index is -2.18. The molecule has 2 aromatic carbocycles. The number of methoxy groups -OCH3 is 2. The third-order valence-electron chi connectivity index (χ3n) is 4.62. The monoisotopic (exact) mass is 368 g/mol. The highest BCUT2D eigenvalue weighted by Crippen LogP contribution is 2.41. The van der Waals surface area contributed by atoms with Gasteiger partial charge in [0.2, 0.25) is 0 Å². The highest BCUT2D eigenvalue weighted by Gasteiger charge is 2.42. The van der Waals surface area contributed by atoms with E-state index in [-0.39, 0.29) is 5.41 Å². The van der Waals surface area contributed by atoms with Gasteiger partial charge in [-0.1, -0.05) is 39.0 Å². The van der Waals surface area contributed by atoms with Gasteiger partial charge in [0.15, 0.2) is 0 Å². The first-order valence-corrected chi connectivity index (χ1v) is 8.70. The van der Waals surface area contributed by atoms with Gasteiger partial charge < -0.3 is 19.3 Å². The van der Waals surface area contributed by atoms with E-state index in [1.165, 1.54) is 13.2 Å². The molecule has 5 nitrogen and oxygen atoms in total. The topological polar surface area (TPSA) is 65.0 Å². The molecule has 0 radical (unpaired) electrons. The molecule has 1 aliphatic heterocycles. The van der Waals surface area contributed by atoms with Gasteiger partial charge in [-0.05, 0) is 46.4 Å². The summed E-state index contributed by atoms with van der Waals surface area (Å²) in [7, 11) is 2.81. The molecular formula is C22H24O5. The highest BCUT2D eigenvalue weighted by molar-refractivity contribution is 5.91. The predicted molar refractivity (Wildman–Crippen MR) is 103 cm³/mol. The van der Waals surface area contributed by atoms with E-state index in [1.54, 1.807) is 13.2 Å². The Labute approximate surface area is 159 Å². The molecule has 142 valence electrons. The van der Waals surface area contributed by atoms with E-state index in [9.17, 15) is 9.90 Å². The molecule has 2 aromatic rings. The van der Waals surface area contributed by atoms with E-state index >= 15 is 0 Å². The molecule has 0 bridgehead atoms. The number of rotatable bonds is 3. The molecule has 1 aliphatic rings. The van der Waals surface area contributed by atoms with Crippen molar-refractivity contribution in [1.82, 2.24) is 0 Å². The van der Waals surface area contributed by atoms with Crippen LogP contribution < -0.4 is 9.47 Å². The lowest BCUT2D eigenvalue weighted by Crippen LogP contribution is -2.45. The van der Waals surface area contributed by atoms with Crippen molar-refractivity contribution in [2.45, 2.75) is 32.0 Å². The molecule has 0 fully saturated rings. The molecule has 0 saturated heterocycles. The van der Waals surface area contributed by atoms with Crippen LogP contribution in [0.25, 0.3) is 5.57 Å². The maximum absolute atomic E-state index is 12.1. The number of ether oxygens (including phenoxy) is 3. The second-order valence-electron chi connectivity index (χ2n) is 7.54. The second-order valence-corrected chi connectivity index (χ2v) is 7.54. The number of carbonyl (C=O) groups excluding carboxylic acids is 1. The normalized spacial score (nSPS) is 18.8. The minimum Gasteiger partial charge on any atom is -0.497 e. The summed E-state index contributed by atoms with van der Waals surface area (Å²) >= 11 is 0. The van der Waals surface area contributed by atoms with E-state index in [4.69, 9.17) is 14.2 Å². The van der Waals surface area contributed by atoms with Crippen LogP contribution in [0.4, 0.5) is 0 Å². The zero-order valence-electron chi connectivity index (χ0n) is 16.2. The van der Waals surface area contributed by atoms with Crippen LogP contribution in [-0.2, 0) is 14.9 Å². The van der Waals surface area contributed by atoms with Crippen molar-refractivity contribution in [1.29, 1.82) is 0 Å². The van der Waals surface area contributed by atoms with Crippen molar-refractivity contribution in [2.24, 2.45) is 0 Å². The summed E-state index contributed by atoms with van der Waals surface area (Å²) < 4.78 is 15.6. The van der Waals surface area contributed by atoms with Crippen molar-refractivity contribution < 1.29 is 24.1 Å². The van der Waals surface area contributed by atoms with Crippen LogP contribution in [0, 0.1) is 0 Å². The van der Waals surface area contributed by atoms with Crippen LogP contribution in [0.2, 0.25) is 0 Å². The molecule has 0 saturated carbocycles. The van der Waals surface area contributed by atoms with Crippen molar-refractivity contribution in [3.05, 3.63) is 65.2 Å². The van der Waals surface area contributed by atoms with Crippen molar-refractivity contribution >= 4 is 11.5 Å². The Bertz CT molecular complexity index is 890. The van der Waals surface area contributed by atoms with Crippen molar-refractivity contribution in [3.63, 3.8) is 0 Å². The van der Waals surface area contributed by atoms with Crippen LogP contribution >= 0.6 is 0 Å². The van der Waals surface area contributed by atoms with Crippen LogP contribution in [0.5, 0.6) is 11.5 Å². The molecule has 0 spiro atoms. The number of aliphatic hydroxyl groups is 1. The lowest BCUT2D eigenvalue weighted by atomic mass is 9.83. The molecular weight excluding hydrogens is 344 g/mol. The van der Waals surface area contributed by atoms with Gasteiger partial charge in [-0.3, -0.25) is 0 Å². The zero-order valence-corrected chi connectivity index (χ0v) is 16.2. The SMILES string of the molecule is COC(=O)C1(O)C=C(c2ccc(OC)cc2)c2cc(C(C)(C)C)ccc2O1. The highest BCUT2D eigenvalue weighted by atomic mass is 16.7. The van der Waals surface area contributed by atoms with Gasteiger partial charge in [0.05, 0.1) is 14.2 Å².